The first-order valence-corrected chi connectivity index (χ1v) is 4.47. The maximum Gasteiger partial charge on any atom is 0.190 e. The minimum atomic E-state index is 0. The molecule has 4 nitrogen and oxygen atoms in total. The van der Waals surface area contributed by atoms with Crippen LogP contribution in [0.25, 0.3) is 0 Å². The van der Waals surface area contributed by atoms with Gasteiger partial charge >= 0.3 is 0 Å². The van der Waals surface area contributed by atoms with E-state index in [2.05, 4.69) is 20.5 Å². The summed E-state index contributed by atoms with van der Waals surface area (Å²) in [6.07, 6.45) is 1.36. The van der Waals surface area contributed by atoms with Crippen molar-refractivity contribution < 1.29 is 0 Å². The van der Waals surface area contributed by atoms with Crippen molar-refractivity contribution in [3.63, 3.8) is 0 Å². The highest BCUT2D eigenvalue weighted by atomic mass is 127. The molecule has 13 heavy (non-hydrogen) atoms. The fourth-order valence-corrected chi connectivity index (χ4v) is 1.22. The topological polar surface area (TPSA) is 39.7 Å². The minimum Gasteiger partial charge on any atom is -0.359 e. The SMILES string of the molecule is CN=C(NC)NCCN1CCC1.I. The van der Waals surface area contributed by atoms with Gasteiger partial charge in [0, 0.05) is 27.2 Å². The largest absolute Gasteiger partial charge is 0.359 e. The van der Waals surface area contributed by atoms with Crippen molar-refractivity contribution in [2.45, 2.75) is 6.42 Å². The van der Waals surface area contributed by atoms with Gasteiger partial charge in [-0.3, -0.25) is 4.99 Å². The Morgan fingerprint density at radius 1 is 1.46 bits per heavy atom. The third-order valence-electron chi connectivity index (χ3n) is 2.13. The number of hydrogen-bond acceptors (Lipinski definition) is 2. The molecule has 1 rings (SSSR count). The van der Waals surface area contributed by atoms with Gasteiger partial charge in [-0.25, -0.2) is 0 Å². The lowest BCUT2D eigenvalue weighted by Crippen LogP contribution is -2.44. The molecule has 5 heteroatoms. The summed E-state index contributed by atoms with van der Waals surface area (Å²) in [6.45, 7) is 4.63. The molecule has 0 aromatic rings. The summed E-state index contributed by atoms with van der Waals surface area (Å²) in [7, 11) is 3.65. The van der Waals surface area contributed by atoms with Crippen LogP contribution in [-0.4, -0.2) is 51.1 Å². The van der Waals surface area contributed by atoms with Crippen LogP contribution in [0.1, 0.15) is 6.42 Å². The summed E-state index contributed by atoms with van der Waals surface area (Å²) in [6, 6.07) is 0. The fourth-order valence-electron chi connectivity index (χ4n) is 1.22. The molecule has 1 heterocycles. The number of likely N-dealkylation sites (tertiary alicyclic amines) is 1. The smallest absolute Gasteiger partial charge is 0.190 e. The van der Waals surface area contributed by atoms with E-state index in [1.807, 2.05) is 7.05 Å². The van der Waals surface area contributed by atoms with Crippen LogP contribution in [0.4, 0.5) is 0 Å². The second-order valence-electron chi connectivity index (χ2n) is 2.94. The van der Waals surface area contributed by atoms with Crippen molar-refractivity contribution in [3.05, 3.63) is 0 Å². The van der Waals surface area contributed by atoms with Gasteiger partial charge in [-0.2, -0.15) is 0 Å². The zero-order chi connectivity index (χ0) is 8.81. The number of aliphatic imine (C=N–C) groups is 1. The lowest BCUT2D eigenvalue weighted by Gasteiger charge is -2.30. The lowest BCUT2D eigenvalue weighted by atomic mass is 10.2. The van der Waals surface area contributed by atoms with E-state index < -0.39 is 0 Å². The van der Waals surface area contributed by atoms with Crippen LogP contribution in [0.2, 0.25) is 0 Å². The number of rotatable bonds is 3. The molecule has 0 spiro atoms. The average Bonchev–Trinajstić information content (AvgIpc) is 2.02. The Kier molecular flexibility index (Phi) is 7.35. The van der Waals surface area contributed by atoms with E-state index in [1.165, 1.54) is 19.5 Å². The Labute approximate surface area is 97.2 Å². The second kappa shape index (κ2) is 7.37. The van der Waals surface area contributed by atoms with Crippen LogP contribution < -0.4 is 10.6 Å². The van der Waals surface area contributed by atoms with Crippen molar-refractivity contribution in [2.75, 3.05) is 40.3 Å². The molecule has 0 unspecified atom stereocenters. The zero-order valence-corrected chi connectivity index (χ0v) is 10.7. The van der Waals surface area contributed by atoms with Crippen LogP contribution >= 0.6 is 24.0 Å². The summed E-state index contributed by atoms with van der Waals surface area (Å²) < 4.78 is 0. The molecule has 78 valence electrons. The number of nitrogens with zero attached hydrogens (tertiary/aromatic N) is 2. The monoisotopic (exact) mass is 298 g/mol. The molecule has 2 N–H and O–H groups in total. The molecule has 1 aliphatic heterocycles. The summed E-state index contributed by atoms with van der Waals surface area (Å²) in [5.74, 6) is 0.871. The Morgan fingerprint density at radius 3 is 2.54 bits per heavy atom. The van der Waals surface area contributed by atoms with Gasteiger partial charge < -0.3 is 15.5 Å². The highest BCUT2D eigenvalue weighted by molar-refractivity contribution is 14.0. The van der Waals surface area contributed by atoms with Gasteiger partial charge in [0.25, 0.3) is 0 Å². The third kappa shape index (κ3) is 4.66. The highest BCUT2D eigenvalue weighted by Crippen LogP contribution is 2.02. The summed E-state index contributed by atoms with van der Waals surface area (Å²) >= 11 is 0. The summed E-state index contributed by atoms with van der Waals surface area (Å²) in [5, 5.41) is 6.20. The Morgan fingerprint density at radius 2 is 2.15 bits per heavy atom. The molecule has 0 aromatic heterocycles. The van der Waals surface area contributed by atoms with Gasteiger partial charge in [-0.05, 0) is 19.5 Å². The van der Waals surface area contributed by atoms with Gasteiger partial charge in [0.2, 0.25) is 0 Å². The first-order chi connectivity index (χ1) is 5.86. The standard InChI is InChI=1S/C8H18N4.HI/c1-9-8(10-2)11-4-7-12-5-3-6-12;/h3-7H2,1-2H3,(H2,9,10,11);1H. The quantitative estimate of drug-likeness (QED) is 0.441. The van der Waals surface area contributed by atoms with Gasteiger partial charge in [0.1, 0.15) is 0 Å². The van der Waals surface area contributed by atoms with Crippen molar-refractivity contribution in [3.8, 4) is 0 Å². The van der Waals surface area contributed by atoms with Gasteiger partial charge in [-0.1, -0.05) is 0 Å². The number of guanidine groups is 1. The van der Waals surface area contributed by atoms with E-state index in [1.54, 1.807) is 7.05 Å². The number of halogens is 1. The van der Waals surface area contributed by atoms with Crippen molar-refractivity contribution >= 4 is 29.9 Å². The predicted octanol–water partition coefficient (Wildman–Crippen LogP) is 0.105. The summed E-state index contributed by atoms with van der Waals surface area (Å²) in [5.41, 5.74) is 0. The van der Waals surface area contributed by atoms with Crippen molar-refractivity contribution in [1.29, 1.82) is 0 Å². The van der Waals surface area contributed by atoms with Gasteiger partial charge in [0.05, 0.1) is 0 Å². The first kappa shape index (κ1) is 13.0. The molecule has 0 atom stereocenters. The van der Waals surface area contributed by atoms with Crippen molar-refractivity contribution in [2.24, 2.45) is 4.99 Å². The zero-order valence-electron chi connectivity index (χ0n) is 8.34. The summed E-state index contributed by atoms with van der Waals surface area (Å²) in [4.78, 5) is 6.45. The molecule has 1 aliphatic rings. The highest BCUT2D eigenvalue weighted by Gasteiger charge is 2.12. The second-order valence-corrected chi connectivity index (χ2v) is 2.94. The van der Waals surface area contributed by atoms with E-state index in [-0.39, 0.29) is 24.0 Å². The maximum atomic E-state index is 4.02. The molecular formula is C8H19IN4. The Hall–Kier alpha value is -0.0400. The molecule has 1 saturated heterocycles. The van der Waals surface area contributed by atoms with Gasteiger partial charge in [-0.15, -0.1) is 24.0 Å². The fraction of sp³-hybridized carbons (Fsp3) is 0.875. The Bertz CT molecular complexity index is 156. The van der Waals surface area contributed by atoms with Crippen LogP contribution in [-0.2, 0) is 0 Å². The molecule has 0 aromatic carbocycles. The maximum absolute atomic E-state index is 4.02. The average molecular weight is 298 g/mol. The third-order valence-corrected chi connectivity index (χ3v) is 2.13. The van der Waals surface area contributed by atoms with Crippen LogP contribution in [0, 0.1) is 0 Å². The van der Waals surface area contributed by atoms with E-state index in [0.717, 1.165) is 19.0 Å². The molecule has 0 radical (unpaired) electrons. The van der Waals surface area contributed by atoms with Crippen LogP contribution in [0.15, 0.2) is 4.99 Å². The predicted molar refractivity (Wildman–Crippen MR) is 66.9 cm³/mol. The van der Waals surface area contributed by atoms with E-state index in [4.69, 9.17) is 0 Å². The molecule has 0 saturated carbocycles. The molecule has 0 aliphatic carbocycles. The number of nitrogens with one attached hydrogen (secondary N) is 2. The van der Waals surface area contributed by atoms with Crippen LogP contribution in [0.5, 0.6) is 0 Å². The minimum absolute atomic E-state index is 0. The molecular weight excluding hydrogens is 279 g/mol. The molecule has 0 bridgehead atoms. The normalized spacial score (nSPS) is 17.2. The van der Waals surface area contributed by atoms with Crippen molar-refractivity contribution in [1.82, 2.24) is 15.5 Å². The first-order valence-electron chi connectivity index (χ1n) is 4.47. The molecule has 1 fully saturated rings. The van der Waals surface area contributed by atoms with E-state index in [0.29, 0.717) is 0 Å². The van der Waals surface area contributed by atoms with E-state index in [9.17, 15) is 0 Å². The Balaban J connectivity index is 0.00000144. The van der Waals surface area contributed by atoms with Crippen LogP contribution in [0.3, 0.4) is 0 Å². The molecule has 0 amide bonds. The lowest BCUT2D eigenvalue weighted by molar-refractivity contribution is 0.185. The number of hydrogen-bond donors (Lipinski definition) is 2. The van der Waals surface area contributed by atoms with Gasteiger partial charge in [0.15, 0.2) is 5.96 Å². The van der Waals surface area contributed by atoms with E-state index >= 15 is 0 Å².